The predicted molar refractivity (Wildman–Crippen MR) is 71.0 cm³/mol. The molecular formula is C12H15N5O2. The normalized spacial score (nSPS) is 10.4. The number of anilines is 1. The second kappa shape index (κ2) is 5.94. The monoisotopic (exact) mass is 261 g/mol. The molecule has 1 aromatic heterocycles. The minimum atomic E-state index is -0.394. The molecule has 0 aliphatic carbocycles. The number of nitrogens with zero attached hydrogens (tertiary/aromatic N) is 4. The zero-order chi connectivity index (χ0) is 13.7. The Morgan fingerprint density at radius 2 is 2.32 bits per heavy atom. The predicted octanol–water partition coefficient (Wildman–Crippen LogP) is 2.06. The molecule has 2 rings (SSSR count). The van der Waals surface area contributed by atoms with E-state index in [-0.39, 0.29) is 5.69 Å². The highest BCUT2D eigenvalue weighted by molar-refractivity contribution is 5.56. The summed E-state index contributed by atoms with van der Waals surface area (Å²) in [5, 5.41) is 18.1. The molecule has 7 nitrogen and oxygen atoms in total. The molecule has 0 saturated carbocycles. The maximum absolute atomic E-state index is 10.8. The zero-order valence-corrected chi connectivity index (χ0v) is 10.6. The van der Waals surface area contributed by atoms with Gasteiger partial charge in [0.05, 0.1) is 11.5 Å². The summed E-state index contributed by atoms with van der Waals surface area (Å²) < 4.78 is 1.64. The van der Waals surface area contributed by atoms with Gasteiger partial charge in [-0.05, 0) is 12.5 Å². The fourth-order valence-corrected chi connectivity index (χ4v) is 1.75. The number of nitro groups is 1. The van der Waals surface area contributed by atoms with Crippen molar-refractivity contribution in [3.63, 3.8) is 0 Å². The van der Waals surface area contributed by atoms with Gasteiger partial charge >= 0.3 is 0 Å². The van der Waals surface area contributed by atoms with E-state index < -0.39 is 4.92 Å². The quantitative estimate of drug-likeness (QED) is 0.635. The lowest BCUT2D eigenvalue weighted by Gasteiger charge is -2.11. The molecule has 0 radical (unpaired) electrons. The number of benzene rings is 1. The van der Waals surface area contributed by atoms with Crippen molar-refractivity contribution >= 4 is 11.4 Å². The summed E-state index contributed by atoms with van der Waals surface area (Å²) >= 11 is 0. The van der Waals surface area contributed by atoms with Gasteiger partial charge in [0.1, 0.15) is 12.7 Å². The number of non-ortho nitro benzene ring substituents is 1. The third-order valence-electron chi connectivity index (χ3n) is 2.66. The molecule has 0 fully saturated rings. The standard InChI is InChI=1S/C12H15N5O2/c1-2-5-14-12-4-3-11(17(18)19)6-10(12)7-16-9-13-8-15-16/h3-4,6,8-9,14H,2,5,7H2,1H3. The van der Waals surface area contributed by atoms with E-state index in [1.165, 1.54) is 12.4 Å². The molecule has 0 aliphatic rings. The van der Waals surface area contributed by atoms with Crippen molar-refractivity contribution in [3.8, 4) is 0 Å². The van der Waals surface area contributed by atoms with Crippen LogP contribution in [0.3, 0.4) is 0 Å². The van der Waals surface area contributed by atoms with E-state index >= 15 is 0 Å². The first-order valence-electron chi connectivity index (χ1n) is 6.04. The number of rotatable bonds is 6. The van der Waals surface area contributed by atoms with Crippen LogP contribution in [-0.2, 0) is 6.54 Å². The minimum Gasteiger partial charge on any atom is -0.385 e. The number of nitro benzene ring substituents is 1. The van der Waals surface area contributed by atoms with Crippen LogP contribution in [-0.4, -0.2) is 26.2 Å². The molecule has 19 heavy (non-hydrogen) atoms. The van der Waals surface area contributed by atoms with Gasteiger partial charge in [-0.2, -0.15) is 5.10 Å². The Morgan fingerprint density at radius 3 is 2.95 bits per heavy atom. The van der Waals surface area contributed by atoms with Gasteiger partial charge < -0.3 is 5.32 Å². The first-order chi connectivity index (χ1) is 9.20. The van der Waals surface area contributed by atoms with Crippen molar-refractivity contribution in [1.82, 2.24) is 14.8 Å². The SMILES string of the molecule is CCCNc1ccc([N+](=O)[O-])cc1Cn1cncn1. The lowest BCUT2D eigenvalue weighted by atomic mass is 10.1. The van der Waals surface area contributed by atoms with Crippen molar-refractivity contribution < 1.29 is 4.92 Å². The van der Waals surface area contributed by atoms with Gasteiger partial charge in [0.15, 0.2) is 0 Å². The summed E-state index contributed by atoms with van der Waals surface area (Å²) in [5.74, 6) is 0. The van der Waals surface area contributed by atoms with Gasteiger partial charge in [0.25, 0.3) is 5.69 Å². The van der Waals surface area contributed by atoms with E-state index in [0.29, 0.717) is 6.54 Å². The second-order valence-electron chi connectivity index (χ2n) is 4.12. The minimum absolute atomic E-state index is 0.0807. The second-order valence-corrected chi connectivity index (χ2v) is 4.12. The lowest BCUT2D eigenvalue weighted by molar-refractivity contribution is -0.384. The Morgan fingerprint density at radius 1 is 1.47 bits per heavy atom. The summed E-state index contributed by atoms with van der Waals surface area (Å²) in [5.41, 5.74) is 1.80. The average Bonchev–Trinajstić information content (AvgIpc) is 2.90. The fourth-order valence-electron chi connectivity index (χ4n) is 1.75. The highest BCUT2D eigenvalue weighted by Crippen LogP contribution is 2.22. The molecule has 7 heteroatoms. The van der Waals surface area contributed by atoms with Gasteiger partial charge in [-0.15, -0.1) is 0 Å². The molecule has 0 unspecified atom stereocenters. The molecule has 2 aromatic rings. The maximum atomic E-state index is 10.8. The molecule has 0 aliphatic heterocycles. The van der Waals surface area contributed by atoms with Crippen molar-refractivity contribution in [3.05, 3.63) is 46.5 Å². The van der Waals surface area contributed by atoms with Crippen LogP contribution < -0.4 is 5.32 Å². The van der Waals surface area contributed by atoms with E-state index in [0.717, 1.165) is 24.2 Å². The van der Waals surface area contributed by atoms with Crippen molar-refractivity contribution in [1.29, 1.82) is 0 Å². The topological polar surface area (TPSA) is 85.9 Å². The first kappa shape index (κ1) is 13.0. The van der Waals surface area contributed by atoms with E-state index in [4.69, 9.17) is 0 Å². The van der Waals surface area contributed by atoms with Crippen LogP contribution in [0.2, 0.25) is 0 Å². The molecule has 0 bridgehead atoms. The summed E-state index contributed by atoms with van der Waals surface area (Å²) in [6.07, 6.45) is 4.01. The summed E-state index contributed by atoms with van der Waals surface area (Å²) in [6.45, 7) is 3.34. The van der Waals surface area contributed by atoms with Crippen LogP contribution in [0.1, 0.15) is 18.9 Å². The Balaban J connectivity index is 2.29. The van der Waals surface area contributed by atoms with Crippen LogP contribution in [0.4, 0.5) is 11.4 Å². The van der Waals surface area contributed by atoms with Crippen LogP contribution in [0, 0.1) is 10.1 Å². The average molecular weight is 261 g/mol. The molecule has 0 saturated heterocycles. The van der Waals surface area contributed by atoms with Gasteiger partial charge in [0, 0.05) is 29.9 Å². The van der Waals surface area contributed by atoms with Crippen LogP contribution >= 0.6 is 0 Å². The van der Waals surface area contributed by atoms with Crippen LogP contribution in [0.25, 0.3) is 0 Å². The van der Waals surface area contributed by atoms with E-state index in [2.05, 4.69) is 22.3 Å². The van der Waals surface area contributed by atoms with Gasteiger partial charge in [-0.3, -0.25) is 10.1 Å². The maximum Gasteiger partial charge on any atom is 0.269 e. The third-order valence-corrected chi connectivity index (χ3v) is 2.66. The third kappa shape index (κ3) is 3.27. The van der Waals surface area contributed by atoms with Gasteiger partial charge in [-0.25, -0.2) is 9.67 Å². The van der Waals surface area contributed by atoms with E-state index in [9.17, 15) is 10.1 Å². The Kier molecular flexibility index (Phi) is 4.07. The van der Waals surface area contributed by atoms with Gasteiger partial charge in [0.2, 0.25) is 0 Å². The van der Waals surface area contributed by atoms with Crippen LogP contribution in [0.15, 0.2) is 30.9 Å². The van der Waals surface area contributed by atoms with E-state index in [1.807, 2.05) is 0 Å². The Hall–Kier alpha value is -2.44. The highest BCUT2D eigenvalue weighted by atomic mass is 16.6. The summed E-state index contributed by atoms with van der Waals surface area (Å²) in [4.78, 5) is 14.3. The number of aromatic nitrogens is 3. The van der Waals surface area contributed by atoms with Crippen LogP contribution in [0.5, 0.6) is 0 Å². The smallest absolute Gasteiger partial charge is 0.269 e. The van der Waals surface area contributed by atoms with E-state index in [1.54, 1.807) is 23.1 Å². The molecule has 1 heterocycles. The first-order valence-corrected chi connectivity index (χ1v) is 6.04. The van der Waals surface area contributed by atoms with Crippen molar-refractivity contribution in [2.24, 2.45) is 0 Å². The molecule has 0 atom stereocenters. The zero-order valence-electron chi connectivity index (χ0n) is 10.6. The molecule has 0 spiro atoms. The molecule has 1 N–H and O–H groups in total. The lowest BCUT2D eigenvalue weighted by Crippen LogP contribution is -2.07. The summed E-state index contributed by atoms with van der Waals surface area (Å²) in [6, 6.07) is 4.81. The Bertz CT molecular complexity index is 553. The summed E-state index contributed by atoms with van der Waals surface area (Å²) in [7, 11) is 0. The Labute approximate surface area is 110 Å². The van der Waals surface area contributed by atoms with Crippen molar-refractivity contribution in [2.45, 2.75) is 19.9 Å². The molecule has 1 aromatic carbocycles. The molecule has 100 valence electrons. The number of hydrogen-bond donors (Lipinski definition) is 1. The fraction of sp³-hybridized carbons (Fsp3) is 0.333. The molecule has 0 amide bonds. The number of nitrogens with one attached hydrogen (secondary N) is 1. The molecular weight excluding hydrogens is 246 g/mol. The van der Waals surface area contributed by atoms with Crippen molar-refractivity contribution in [2.75, 3.05) is 11.9 Å². The largest absolute Gasteiger partial charge is 0.385 e. The van der Waals surface area contributed by atoms with Gasteiger partial charge in [-0.1, -0.05) is 6.92 Å². The highest BCUT2D eigenvalue weighted by Gasteiger charge is 2.11. The number of hydrogen-bond acceptors (Lipinski definition) is 5.